The van der Waals surface area contributed by atoms with Gasteiger partial charge in [0.2, 0.25) is 15.9 Å². The number of hydrogen-bond acceptors (Lipinski definition) is 6. The van der Waals surface area contributed by atoms with E-state index in [1.807, 2.05) is 32.9 Å². The fourth-order valence-corrected chi connectivity index (χ4v) is 4.18. The van der Waals surface area contributed by atoms with Crippen LogP contribution < -0.4 is 14.4 Å². The molecule has 2 aromatic rings. The number of anilines is 2. The third-order valence-corrected chi connectivity index (χ3v) is 5.54. The summed E-state index contributed by atoms with van der Waals surface area (Å²) in [6.45, 7) is 7.38. The van der Waals surface area contributed by atoms with Gasteiger partial charge in [0.1, 0.15) is 17.3 Å². The van der Waals surface area contributed by atoms with Crippen LogP contribution in [0.15, 0.2) is 24.3 Å². The number of rotatable bonds is 5. The van der Waals surface area contributed by atoms with Crippen molar-refractivity contribution in [3.05, 3.63) is 41.0 Å². The molecule has 1 aliphatic heterocycles. The molecule has 7 nitrogen and oxygen atoms in total. The van der Waals surface area contributed by atoms with E-state index in [2.05, 4.69) is 20.7 Å². The minimum atomic E-state index is -3.49. The second-order valence-electron chi connectivity index (χ2n) is 7.62. The summed E-state index contributed by atoms with van der Waals surface area (Å²) < 4.78 is 32.2. The van der Waals surface area contributed by atoms with Gasteiger partial charge in [-0.3, -0.25) is 4.72 Å². The highest BCUT2D eigenvalue weighted by atomic mass is 32.2. The number of nitrogens with zero attached hydrogens (tertiary/aromatic N) is 3. The summed E-state index contributed by atoms with van der Waals surface area (Å²) in [5, 5.41) is 9.10. The number of sulfonamides is 1. The van der Waals surface area contributed by atoms with Crippen molar-refractivity contribution in [1.29, 1.82) is 5.26 Å². The molecule has 154 valence electrons. The zero-order chi connectivity index (χ0) is 21.2. The highest BCUT2D eigenvalue weighted by Gasteiger charge is 2.22. The van der Waals surface area contributed by atoms with Crippen molar-refractivity contribution in [2.75, 3.05) is 29.0 Å². The average Bonchev–Trinajstić information content (AvgIpc) is 2.64. The van der Waals surface area contributed by atoms with Gasteiger partial charge >= 0.3 is 0 Å². The minimum absolute atomic E-state index is 0.0750. The predicted molar refractivity (Wildman–Crippen MR) is 114 cm³/mol. The molecule has 0 unspecified atom stereocenters. The molecule has 0 radical (unpaired) electrons. The molecule has 1 saturated heterocycles. The Bertz CT molecular complexity index is 1030. The third-order valence-electron chi connectivity index (χ3n) is 4.95. The van der Waals surface area contributed by atoms with Gasteiger partial charge in [-0.25, -0.2) is 8.42 Å². The molecular formula is C21H26N4O3S. The lowest BCUT2D eigenvalue weighted by atomic mass is 9.99. The topological polar surface area (TPSA) is 95.3 Å². The van der Waals surface area contributed by atoms with Crippen LogP contribution in [-0.4, -0.2) is 32.7 Å². The van der Waals surface area contributed by atoms with Gasteiger partial charge in [0.05, 0.1) is 12.3 Å². The van der Waals surface area contributed by atoms with Crippen LogP contribution in [0.3, 0.4) is 0 Å². The van der Waals surface area contributed by atoms with Crippen LogP contribution >= 0.6 is 0 Å². The highest BCUT2D eigenvalue weighted by molar-refractivity contribution is 7.92. The summed E-state index contributed by atoms with van der Waals surface area (Å²) >= 11 is 0. The lowest BCUT2D eigenvalue weighted by molar-refractivity contribution is 0.453. The molecule has 0 aliphatic carbocycles. The maximum absolute atomic E-state index is 11.8. The molecule has 1 aliphatic rings. The van der Waals surface area contributed by atoms with Gasteiger partial charge in [0.25, 0.3) is 0 Å². The minimum Gasteiger partial charge on any atom is -0.436 e. The SMILES string of the molecule is Cc1cc(C)c(Oc2nc(N3CCC(C#N)CC3)ccc2NS(C)(=O)=O)c(C)c1. The Balaban J connectivity index is 1.97. The summed E-state index contributed by atoms with van der Waals surface area (Å²) in [4.78, 5) is 6.72. The van der Waals surface area contributed by atoms with Crippen LogP contribution in [0.1, 0.15) is 29.5 Å². The molecule has 1 fully saturated rings. The first-order valence-corrected chi connectivity index (χ1v) is 11.4. The van der Waals surface area contributed by atoms with Gasteiger partial charge in [-0.1, -0.05) is 17.7 Å². The molecule has 1 aromatic heterocycles. The zero-order valence-corrected chi connectivity index (χ0v) is 18.0. The van der Waals surface area contributed by atoms with E-state index in [-0.39, 0.29) is 11.8 Å². The molecule has 8 heteroatoms. The van der Waals surface area contributed by atoms with E-state index < -0.39 is 10.0 Å². The van der Waals surface area contributed by atoms with E-state index in [9.17, 15) is 8.42 Å². The first-order chi connectivity index (χ1) is 13.7. The summed E-state index contributed by atoms with van der Waals surface area (Å²) in [5.41, 5.74) is 3.33. The van der Waals surface area contributed by atoms with Crippen LogP contribution in [0.2, 0.25) is 0 Å². The van der Waals surface area contributed by atoms with Crippen molar-refractivity contribution in [2.24, 2.45) is 5.92 Å². The van der Waals surface area contributed by atoms with Gasteiger partial charge in [-0.2, -0.15) is 10.2 Å². The third kappa shape index (κ3) is 5.18. The molecule has 0 atom stereocenters. The lowest BCUT2D eigenvalue weighted by Crippen LogP contribution is -2.33. The molecule has 29 heavy (non-hydrogen) atoms. The first kappa shape index (κ1) is 20.9. The van der Waals surface area contributed by atoms with Crippen LogP contribution in [-0.2, 0) is 10.0 Å². The second-order valence-corrected chi connectivity index (χ2v) is 9.37. The van der Waals surface area contributed by atoms with Crippen molar-refractivity contribution in [2.45, 2.75) is 33.6 Å². The maximum atomic E-state index is 11.8. The Morgan fingerprint density at radius 2 is 1.79 bits per heavy atom. The van der Waals surface area contributed by atoms with Gasteiger partial charge in [-0.15, -0.1) is 0 Å². The molecule has 0 amide bonds. The van der Waals surface area contributed by atoms with Crippen LogP contribution in [0.5, 0.6) is 11.6 Å². The van der Waals surface area contributed by atoms with Gasteiger partial charge in [0, 0.05) is 19.0 Å². The zero-order valence-electron chi connectivity index (χ0n) is 17.2. The molecule has 0 spiro atoms. The van der Waals surface area contributed by atoms with E-state index >= 15 is 0 Å². The van der Waals surface area contributed by atoms with Crippen molar-refractivity contribution < 1.29 is 13.2 Å². The van der Waals surface area contributed by atoms with Crippen LogP contribution in [0.4, 0.5) is 11.5 Å². The maximum Gasteiger partial charge on any atom is 0.245 e. The predicted octanol–water partition coefficient (Wildman–Crippen LogP) is 3.91. The largest absolute Gasteiger partial charge is 0.436 e. The second kappa shape index (κ2) is 8.29. The Hall–Kier alpha value is -2.79. The monoisotopic (exact) mass is 414 g/mol. The Morgan fingerprint density at radius 1 is 1.17 bits per heavy atom. The Labute approximate surface area is 172 Å². The Morgan fingerprint density at radius 3 is 2.34 bits per heavy atom. The quantitative estimate of drug-likeness (QED) is 0.797. The van der Waals surface area contributed by atoms with Crippen LogP contribution in [0, 0.1) is 38.0 Å². The fourth-order valence-electron chi connectivity index (χ4n) is 3.62. The number of nitriles is 1. The number of nitrogens with one attached hydrogen (secondary N) is 1. The standard InChI is InChI=1S/C21H26N4O3S/c1-14-11-15(2)20(16(3)12-14)28-21-18(24-29(4,26)27)5-6-19(23-21)25-9-7-17(13-22)8-10-25/h5-6,11-12,17,24H,7-10H2,1-4H3. The smallest absolute Gasteiger partial charge is 0.245 e. The molecule has 1 N–H and O–H groups in total. The number of pyridine rings is 1. The first-order valence-electron chi connectivity index (χ1n) is 9.55. The number of aryl methyl sites for hydroxylation is 3. The number of benzene rings is 1. The van der Waals surface area contributed by atoms with Crippen molar-refractivity contribution >= 4 is 21.5 Å². The average molecular weight is 415 g/mol. The highest BCUT2D eigenvalue weighted by Crippen LogP contribution is 2.35. The number of hydrogen-bond donors (Lipinski definition) is 1. The van der Waals surface area contributed by atoms with Crippen LogP contribution in [0.25, 0.3) is 0 Å². The molecular weight excluding hydrogens is 388 g/mol. The van der Waals surface area contributed by atoms with E-state index in [0.717, 1.165) is 48.9 Å². The van der Waals surface area contributed by atoms with Gasteiger partial charge in [0.15, 0.2) is 0 Å². The molecule has 2 heterocycles. The number of piperidine rings is 1. The molecule has 3 rings (SSSR count). The van der Waals surface area contributed by atoms with E-state index in [4.69, 9.17) is 10.00 Å². The van der Waals surface area contributed by atoms with Gasteiger partial charge in [-0.05, 0) is 56.9 Å². The van der Waals surface area contributed by atoms with Crippen molar-refractivity contribution in [3.8, 4) is 17.7 Å². The lowest BCUT2D eigenvalue weighted by Gasteiger charge is -2.30. The molecule has 0 saturated carbocycles. The fraction of sp³-hybridized carbons (Fsp3) is 0.429. The van der Waals surface area contributed by atoms with Crippen molar-refractivity contribution in [1.82, 2.24) is 4.98 Å². The normalized spacial score (nSPS) is 15.1. The summed E-state index contributed by atoms with van der Waals surface area (Å²) in [6, 6.07) is 9.81. The number of ether oxygens (including phenoxy) is 1. The van der Waals surface area contributed by atoms with E-state index in [0.29, 0.717) is 17.3 Å². The molecule has 1 aromatic carbocycles. The summed E-state index contributed by atoms with van der Waals surface area (Å²) in [7, 11) is -3.49. The van der Waals surface area contributed by atoms with Gasteiger partial charge < -0.3 is 9.64 Å². The molecule has 0 bridgehead atoms. The Kier molecular flexibility index (Phi) is 5.99. The van der Waals surface area contributed by atoms with E-state index in [1.165, 1.54) is 0 Å². The summed E-state index contributed by atoms with van der Waals surface area (Å²) in [5.74, 6) is 1.66. The summed E-state index contributed by atoms with van der Waals surface area (Å²) in [6.07, 6.45) is 2.67. The van der Waals surface area contributed by atoms with E-state index in [1.54, 1.807) is 12.1 Å². The number of aromatic nitrogens is 1. The van der Waals surface area contributed by atoms with Crippen molar-refractivity contribution in [3.63, 3.8) is 0 Å².